The van der Waals surface area contributed by atoms with Crippen molar-refractivity contribution in [2.24, 2.45) is 5.92 Å². The first-order valence-corrected chi connectivity index (χ1v) is 6.65. The smallest absolute Gasteiger partial charge is 0.335 e. The number of nitrogens with zero attached hydrogens (tertiary/aromatic N) is 1. The van der Waals surface area contributed by atoms with E-state index in [2.05, 4.69) is 0 Å². The van der Waals surface area contributed by atoms with Crippen molar-refractivity contribution in [2.45, 2.75) is 26.7 Å². The van der Waals surface area contributed by atoms with Crippen LogP contribution in [-0.4, -0.2) is 35.0 Å². The highest BCUT2D eigenvalue weighted by atomic mass is 16.4. The zero-order chi connectivity index (χ0) is 14.0. The molecule has 0 aromatic heterocycles. The highest BCUT2D eigenvalue weighted by molar-refractivity contribution is 5.97. The summed E-state index contributed by atoms with van der Waals surface area (Å²) in [7, 11) is 0. The number of carboxylic acids is 1. The van der Waals surface area contributed by atoms with Gasteiger partial charge in [-0.15, -0.1) is 0 Å². The molecule has 4 heteroatoms. The molecule has 0 saturated heterocycles. The molecule has 1 aromatic rings. The van der Waals surface area contributed by atoms with Crippen LogP contribution in [0.25, 0.3) is 0 Å². The number of hydrogen-bond donors (Lipinski definition) is 1. The van der Waals surface area contributed by atoms with Gasteiger partial charge in [0.15, 0.2) is 0 Å². The summed E-state index contributed by atoms with van der Waals surface area (Å²) in [5, 5.41) is 9.04. The monoisotopic (exact) mass is 261 g/mol. The van der Waals surface area contributed by atoms with Crippen LogP contribution in [-0.2, 0) is 0 Å². The fraction of sp³-hybridized carbons (Fsp3) is 0.467. The molecule has 102 valence electrons. The number of benzene rings is 1. The number of carbonyl (C=O) groups is 2. The van der Waals surface area contributed by atoms with Crippen molar-refractivity contribution in [1.29, 1.82) is 0 Å². The second-order valence-corrected chi connectivity index (χ2v) is 5.18. The Kier molecular flexibility index (Phi) is 3.88. The van der Waals surface area contributed by atoms with Crippen LogP contribution in [0.3, 0.4) is 0 Å². The summed E-state index contributed by atoms with van der Waals surface area (Å²) in [5.41, 5.74) is 1.44. The molecule has 1 fully saturated rings. The standard InChI is InChI=1S/C15H19NO3/c1-3-16(9-11-4-5-11)14(17)12-6-10(2)7-13(8-12)15(18)19/h6-8,11H,3-5,9H2,1-2H3,(H,18,19). The number of amides is 1. The molecular weight excluding hydrogens is 242 g/mol. The minimum absolute atomic E-state index is 0.0689. The predicted octanol–water partition coefficient (Wildman–Crippen LogP) is 2.57. The number of aromatic carboxylic acids is 1. The highest BCUT2D eigenvalue weighted by Crippen LogP contribution is 2.30. The van der Waals surface area contributed by atoms with E-state index in [1.54, 1.807) is 24.0 Å². The van der Waals surface area contributed by atoms with Gasteiger partial charge in [0.25, 0.3) is 5.91 Å². The quantitative estimate of drug-likeness (QED) is 0.886. The van der Waals surface area contributed by atoms with Gasteiger partial charge in [0, 0.05) is 18.7 Å². The Labute approximate surface area is 113 Å². The first-order chi connectivity index (χ1) is 9.01. The Hall–Kier alpha value is -1.84. The summed E-state index contributed by atoms with van der Waals surface area (Å²) in [5.74, 6) is -0.434. The lowest BCUT2D eigenvalue weighted by atomic mass is 10.1. The zero-order valence-electron chi connectivity index (χ0n) is 11.3. The first-order valence-electron chi connectivity index (χ1n) is 6.65. The fourth-order valence-corrected chi connectivity index (χ4v) is 2.18. The molecule has 1 amide bonds. The normalized spacial score (nSPS) is 14.2. The topological polar surface area (TPSA) is 57.6 Å². The van der Waals surface area contributed by atoms with Gasteiger partial charge in [0.2, 0.25) is 0 Å². The van der Waals surface area contributed by atoms with E-state index in [1.807, 2.05) is 6.92 Å². The van der Waals surface area contributed by atoms with E-state index in [-0.39, 0.29) is 11.5 Å². The second kappa shape index (κ2) is 5.43. The number of hydrogen-bond acceptors (Lipinski definition) is 2. The minimum atomic E-state index is -0.997. The lowest BCUT2D eigenvalue weighted by Crippen LogP contribution is -2.32. The van der Waals surface area contributed by atoms with Crippen molar-refractivity contribution < 1.29 is 14.7 Å². The number of rotatable bonds is 5. The molecule has 2 rings (SSSR count). The zero-order valence-corrected chi connectivity index (χ0v) is 11.3. The Morgan fingerprint density at radius 2 is 1.89 bits per heavy atom. The molecule has 0 aliphatic heterocycles. The van der Waals surface area contributed by atoms with Crippen LogP contribution in [0, 0.1) is 12.8 Å². The van der Waals surface area contributed by atoms with Crippen LogP contribution in [0.4, 0.5) is 0 Å². The van der Waals surface area contributed by atoms with Crippen LogP contribution in [0.15, 0.2) is 18.2 Å². The number of aryl methyl sites for hydroxylation is 1. The molecule has 1 N–H and O–H groups in total. The van der Waals surface area contributed by atoms with Crippen molar-refractivity contribution in [3.63, 3.8) is 0 Å². The third-order valence-corrected chi connectivity index (χ3v) is 3.42. The van der Waals surface area contributed by atoms with Gasteiger partial charge in [0.1, 0.15) is 0 Å². The van der Waals surface area contributed by atoms with Crippen LogP contribution < -0.4 is 0 Å². The maximum atomic E-state index is 12.4. The Morgan fingerprint density at radius 1 is 1.26 bits per heavy atom. The molecule has 0 atom stereocenters. The number of carboxylic acid groups (broad SMARTS) is 1. The van der Waals surface area contributed by atoms with Crippen molar-refractivity contribution in [1.82, 2.24) is 4.90 Å². The van der Waals surface area contributed by atoms with E-state index < -0.39 is 5.97 Å². The van der Waals surface area contributed by atoms with Crippen molar-refractivity contribution in [3.05, 3.63) is 34.9 Å². The Bertz CT molecular complexity index is 506. The second-order valence-electron chi connectivity index (χ2n) is 5.18. The lowest BCUT2D eigenvalue weighted by Gasteiger charge is -2.21. The van der Waals surface area contributed by atoms with Gasteiger partial charge in [-0.2, -0.15) is 0 Å². The van der Waals surface area contributed by atoms with Crippen LogP contribution in [0.2, 0.25) is 0 Å². The molecular formula is C15H19NO3. The summed E-state index contributed by atoms with van der Waals surface area (Å²) in [6, 6.07) is 4.80. The lowest BCUT2D eigenvalue weighted by molar-refractivity contribution is 0.0696. The van der Waals surface area contributed by atoms with Crippen LogP contribution in [0.1, 0.15) is 46.0 Å². The van der Waals surface area contributed by atoms with Crippen LogP contribution in [0.5, 0.6) is 0 Å². The highest BCUT2D eigenvalue weighted by Gasteiger charge is 2.26. The third-order valence-electron chi connectivity index (χ3n) is 3.42. The van der Waals surface area contributed by atoms with Gasteiger partial charge in [-0.25, -0.2) is 4.79 Å². The average Bonchev–Trinajstić information content (AvgIpc) is 3.18. The van der Waals surface area contributed by atoms with Crippen molar-refractivity contribution >= 4 is 11.9 Å². The molecule has 1 aliphatic rings. The minimum Gasteiger partial charge on any atom is -0.478 e. The first kappa shape index (κ1) is 13.6. The van der Waals surface area contributed by atoms with E-state index in [9.17, 15) is 9.59 Å². The van der Waals surface area contributed by atoms with Crippen molar-refractivity contribution in [3.8, 4) is 0 Å². The van der Waals surface area contributed by atoms with Gasteiger partial charge in [0.05, 0.1) is 5.56 Å². The largest absolute Gasteiger partial charge is 0.478 e. The van der Waals surface area contributed by atoms with E-state index in [0.29, 0.717) is 18.0 Å². The van der Waals surface area contributed by atoms with Gasteiger partial charge in [-0.05, 0) is 56.4 Å². The average molecular weight is 261 g/mol. The van der Waals surface area contributed by atoms with Gasteiger partial charge >= 0.3 is 5.97 Å². The van der Waals surface area contributed by atoms with E-state index >= 15 is 0 Å². The molecule has 1 saturated carbocycles. The van der Waals surface area contributed by atoms with Gasteiger partial charge in [-0.1, -0.05) is 0 Å². The molecule has 0 spiro atoms. The summed E-state index contributed by atoms with van der Waals surface area (Å²) in [4.78, 5) is 25.2. The summed E-state index contributed by atoms with van der Waals surface area (Å²) >= 11 is 0. The summed E-state index contributed by atoms with van der Waals surface area (Å²) in [6.07, 6.45) is 2.38. The Morgan fingerprint density at radius 3 is 2.42 bits per heavy atom. The Balaban J connectivity index is 2.23. The molecule has 0 bridgehead atoms. The summed E-state index contributed by atoms with van der Waals surface area (Å²) in [6.45, 7) is 5.20. The SMILES string of the molecule is CCN(CC1CC1)C(=O)c1cc(C)cc(C(=O)O)c1. The molecule has 1 aliphatic carbocycles. The molecule has 1 aromatic carbocycles. The molecule has 0 unspecified atom stereocenters. The molecule has 0 heterocycles. The third kappa shape index (κ3) is 3.34. The van der Waals surface area contributed by atoms with Gasteiger partial charge < -0.3 is 10.0 Å². The van der Waals surface area contributed by atoms with E-state index in [1.165, 1.54) is 18.9 Å². The van der Waals surface area contributed by atoms with E-state index in [0.717, 1.165) is 12.1 Å². The maximum Gasteiger partial charge on any atom is 0.335 e. The predicted molar refractivity (Wildman–Crippen MR) is 72.4 cm³/mol. The molecule has 0 radical (unpaired) electrons. The summed E-state index contributed by atoms with van der Waals surface area (Å²) < 4.78 is 0. The van der Waals surface area contributed by atoms with E-state index in [4.69, 9.17) is 5.11 Å². The fourth-order valence-electron chi connectivity index (χ4n) is 2.18. The van der Waals surface area contributed by atoms with Gasteiger partial charge in [-0.3, -0.25) is 4.79 Å². The molecule has 19 heavy (non-hydrogen) atoms. The van der Waals surface area contributed by atoms with Crippen molar-refractivity contribution in [2.75, 3.05) is 13.1 Å². The maximum absolute atomic E-state index is 12.4. The number of carbonyl (C=O) groups excluding carboxylic acids is 1. The molecule has 4 nitrogen and oxygen atoms in total. The van der Waals surface area contributed by atoms with Crippen LogP contribution >= 0.6 is 0 Å².